The second kappa shape index (κ2) is 4.02. The van der Waals surface area contributed by atoms with Crippen molar-refractivity contribution in [3.63, 3.8) is 0 Å². The molecule has 0 aromatic heterocycles. The van der Waals surface area contributed by atoms with Crippen LogP contribution in [0.1, 0.15) is 18.5 Å². The lowest BCUT2D eigenvalue weighted by Gasteiger charge is -2.09. The van der Waals surface area contributed by atoms with E-state index < -0.39 is 18.1 Å². The van der Waals surface area contributed by atoms with Gasteiger partial charge in [-0.05, 0) is 19.1 Å². The van der Waals surface area contributed by atoms with Gasteiger partial charge in [0.05, 0.1) is 12.6 Å². The van der Waals surface area contributed by atoms with Crippen molar-refractivity contribution in [2.75, 3.05) is 6.61 Å². The van der Waals surface area contributed by atoms with E-state index in [9.17, 15) is 4.79 Å². The Balaban J connectivity index is 2.29. The van der Waals surface area contributed by atoms with E-state index in [4.69, 9.17) is 20.9 Å². The lowest BCUT2D eigenvalue weighted by atomic mass is 10.0. The summed E-state index contributed by atoms with van der Waals surface area (Å²) in [5.74, 6) is 0.711. The van der Waals surface area contributed by atoms with Crippen LogP contribution in [-0.2, 0) is 4.79 Å². The molecule has 0 saturated carbocycles. The highest BCUT2D eigenvalue weighted by molar-refractivity contribution is 5.81. The summed E-state index contributed by atoms with van der Waals surface area (Å²) in [6.45, 7) is 2.47. The van der Waals surface area contributed by atoms with Gasteiger partial charge in [-0.1, -0.05) is 0 Å². The summed E-state index contributed by atoms with van der Waals surface area (Å²) < 4.78 is 10.7. The molecule has 16 heavy (non-hydrogen) atoms. The maximum absolute atomic E-state index is 11.1. The van der Waals surface area contributed by atoms with Crippen LogP contribution < -0.4 is 20.9 Å². The minimum Gasteiger partial charge on any atom is -0.494 e. The Morgan fingerprint density at radius 3 is 2.94 bits per heavy atom. The average molecular weight is 222 g/mol. The molecular formula is C11H14N2O3. The molecule has 1 aliphatic rings. The van der Waals surface area contributed by atoms with Crippen molar-refractivity contribution in [2.24, 2.45) is 11.5 Å². The monoisotopic (exact) mass is 222 g/mol. The number of amides is 1. The smallest absolute Gasteiger partial charge is 0.260 e. The summed E-state index contributed by atoms with van der Waals surface area (Å²) in [4.78, 5) is 11.1. The van der Waals surface area contributed by atoms with Gasteiger partial charge in [-0.2, -0.15) is 0 Å². The van der Waals surface area contributed by atoms with E-state index in [2.05, 4.69) is 0 Å². The summed E-state index contributed by atoms with van der Waals surface area (Å²) in [5.41, 5.74) is 11.8. The highest BCUT2D eigenvalue weighted by Gasteiger charge is 2.35. The zero-order valence-electron chi connectivity index (χ0n) is 8.97. The fourth-order valence-electron chi connectivity index (χ4n) is 1.76. The predicted molar refractivity (Wildman–Crippen MR) is 58.1 cm³/mol. The molecule has 5 heteroatoms. The Morgan fingerprint density at radius 2 is 2.31 bits per heavy atom. The fraction of sp³-hybridized carbons (Fsp3) is 0.364. The molecule has 1 amide bonds. The third-order valence-electron chi connectivity index (χ3n) is 2.52. The van der Waals surface area contributed by atoms with Crippen LogP contribution in [0.25, 0.3) is 0 Å². The zero-order chi connectivity index (χ0) is 11.7. The Kier molecular flexibility index (Phi) is 2.70. The first-order valence-electron chi connectivity index (χ1n) is 5.11. The minimum atomic E-state index is -0.785. The number of nitrogens with two attached hydrogens (primary N) is 2. The van der Waals surface area contributed by atoms with Gasteiger partial charge in [0.2, 0.25) is 0 Å². The highest BCUT2D eigenvalue weighted by atomic mass is 16.5. The molecule has 2 atom stereocenters. The number of rotatable bonds is 3. The largest absolute Gasteiger partial charge is 0.494 e. The zero-order valence-corrected chi connectivity index (χ0v) is 8.97. The molecular weight excluding hydrogens is 208 g/mol. The van der Waals surface area contributed by atoms with Crippen molar-refractivity contribution in [1.29, 1.82) is 0 Å². The molecule has 86 valence electrons. The van der Waals surface area contributed by atoms with Gasteiger partial charge in [0.15, 0.2) is 6.10 Å². The first kappa shape index (κ1) is 10.8. The topological polar surface area (TPSA) is 87.6 Å². The van der Waals surface area contributed by atoms with E-state index >= 15 is 0 Å². The molecule has 1 heterocycles. The van der Waals surface area contributed by atoms with Crippen LogP contribution in [0, 0.1) is 0 Å². The fourth-order valence-corrected chi connectivity index (χ4v) is 1.76. The Labute approximate surface area is 93.3 Å². The molecule has 5 nitrogen and oxygen atoms in total. The van der Waals surface area contributed by atoms with Crippen LogP contribution in [0.3, 0.4) is 0 Å². The summed E-state index contributed by atoms with van der Waals surface area (Å²) in [6.07, 6.45) is -0.785. The predicted octanol–water partition coefficient (Wildman–Crippen LogP) is 0.331. The maximum atomic E-state index is 11.1. The molecule has 0 spiro atoms. The van der Waals surface area contributed by atoms with Gasteiger partial charge >= 0.3 is 0 Å². The Hall–Kier alpha value is -1.75. The van der Waals surface area contributed by atoms with Crippen LogP contribution in [0.15, 0.2) is 18.2 Å². The molecule has 0 bridgehead atoms. The third-order valence-corrected chi connectivity index (χ3v) is 2.52. The summed E-state index contributed by atoms with van der Waals surface area (Å²) in [7, 11) is 0. The summed E-state index contributed by atoms with van der Waals surface area (Å²) in [6, 6.07) is 4.83. The molecule has 0 radical (unpaired) electrons. The van der Waals surface area contributed by atoms with Gasteiger partial charge in [-0.25, -0.2) is 0 Å². The molecule has 1 aromatic rings. The van der Waals surface area contributed by atoms with E-state index in [0.717, 1.165) is 5.56 Å². The van der Waals surface area contributed by atoms with E-state index in [1.54, 1.807) is 18.2 Å². The number of primary amides is 1. The van der Waals surface area contributed by atoms with Crippen LogP contribution >= 0.6 is 0 Å². The van der Waals surface area contributed by atoms with Crippen molar-refractivity contribution >= 4 is 5.91 Å². The van der Waals surface area contributed by atoms with E-state index in [0.29, 0.717) is 18.1 Å². The molecule has 4 N–H and O–H groups in total. The van der Waals surface area contributed by atoms with E-state index in [1.165, 1.54) is 0 Å². The van der Waals surface area contributed by atoms with Crippen LogP contribution in [0.2, 0.25) is 0 Å². The average Bonchev–Trinajstić information content (AvgIpc) is 2.56. The molecule has 2 unspecified atom stereocenters. The van der Waals surface area contributed by atoms with Gasteiger partial charge in [0, 0.05) is 11.6 Å². The Bertz CT molecular complexity index is 420. The maximum Gasteiger partial charge on any atom is 0.260 e. The van der Waals surface area contributed by atoms with Gasteiger partial charge < -0.3 is 20.9 Å². The summed E-state index contributed by atoms with van der Waals surface area (Å²) >= 11 is 0. The lowest BCUT2D eigenvalue weighted by molar-refractivity contribution is -0.124. The Morgan fingerprint density at radius 1 is 1.56 bits per heavy atom. The SMILES string of the molecule is CCOc1ccc2c(c1)OC(C(N)=O)C2N. The normalized spacial score (nSPS) is 22.4. The van der Waals surface area contributed by atoms with Crippen molar-refractivity contribution in [2.45, 2.75) is 19.1 Å². The van der Waals surface area contributed by atoms with Crippen molar-refractivity contribution in [3.05, 3.63) is 23.8 Å². The van der Waals surface area contributed by atoms with Crippen molar-refractivity contribution < 1.29 is 14.3 Å². The molecule has 0 fully saturated rings. The minimum absolute atomic E-state index is 0.497. The van der Waals surface area contributed by atoms with Gasteiger partial charge in [0.25, 0.3) is 5.91 Å². The third kappa shape index (κ3) is 1.69. The first-order chi connectivity index (χ1) is 7.63. The molecule has 1 aliphatic heterocycles. The molecule has 2 rings (SSSR count). The van der Waals surface area contributed by atoms with E-state index in [-0.39, 0.29) is 0 Å². The number of carbonyl (C=O) groups excluding carboxylic acids is 1. The number of benzene rings is 1. The van der Waals surface area contributed by atoms with Gasteiger partial charge in [-0.15, -0.1) is 0 Å². The molecule has 1 aromatic carbocycles. The number of hydrogen-bond acceptors (Lipinski definition) is 4. The van der Waals surface area contributed by atoms with Crippen molar-refractivity contribution in [3.8, 4) is 11.5 Å². The van der Waals surface area contributed by atoms with E-state index in [1.807, 2.05) is 6.92 Å². The summed E-state index contributed by atoms with van der Waals surface area (Å²) in [5, 5.41) is 0. The molecule has 0 saturated heterocycles. The second-order valence-corrected chi connectivity index (χ2v) is 3.60. The number of hydrogen-bond donors (Lipinski definition) is 2. The van der Waals surface area contributed by atoms with Gasteiger partial charge in [0.1, 0.15) is 11.5 Å². The first-order valence-corrected chi connectivity index (χ1v) is 5.11. The second-order valence-electron chi connectivity index (χ2n) is 3.60. The lowest BCUT2D eigenvalue weighted by Crippen LogP contribution is -2.38. The van der Waals surface area contributed by atoms with Crippen molar-refractivity contribution in [1.82, 2.24) is 0 Å². The van der Waals surface area contributed by atoms with Crippen LogP contribution in [-0.4, -0.2) is 18.6 Å². The van der Waals surface area contributed by atoms with Crippen LogP contribution in [0.4, 0.5) is 0 Å². The highest BCUT2D eigenvalue weighted by Crippen LogP contribution is 2.37. The quantitative estimate of drug-likeness (QED) is 0.771. The molecule has 0 aliphatic carbocycles. The number of ether oxygens (including phenoxy) is 2. The van der Waals surface area contributed by atoms with Gasteiger partial charge in [-0.3, -0.25) is 4.79 Å². The van der Waals surface area contributed by atoms with Crippen LogP contribution in [0.5, 0.6) is 11.5 Å². The standard InChI is InChI=1S/C11H14N2O3/c1-2-15-6-3-4-7-8(5-6)16-10(9(7)12)11(13)14/h3-5,9-10H,2,12H2,1H3,(H2,13,14). The number of carbonyl (C=O) groups is 1. The number of fused-ring (bicyclic) bond motifs is 1.